The van der Waals surface area contributed by atoms with Crippen LogP contribution < -0.4 is 5.73 Å². The molecular weight excluding hydrogens is 244 g/mol. The van der Waals surface area contributed by atoms with E-state index in [4.69, 9.17) is 18.0 Å². The monoisotopic (exact) mass is 264 g/mol. The smallest absolute Gasteiger partial charge is 0.227 e. The molecule has 1 amide bonds. The summed E-state index contributed by atoms with van der Waals surface area (Å²) < 4.78 is 0. The molecule has 0 aliphatic heterocycles. The highest BCUT2D eigenvalue weighted by Gasteiger charge is 2.17. The van der Waals surface area contributed by atoms with Crippen LogP contribution in [0.4, 0.5) is 0 Å². The summed E-state index contributed by atoms with van der Waals surface area (Å²) in [6, 6.07) is 8.08. The largest absolute Gasteiger partial charge is 0.392 e. The fraction of sp³-hybridized carbons (Fsp3) is 0.429. The van der Waals surface area contributed by atoms with Crippen LogP contribution in [0.3, 0.4) is 0 Å². The molecule has 0 unspecified atom stereocenters. The van der Waals surface area contributed by atoms with Crippen molar-refractivity contribution in [1.29, 1.82) is 0 Å². The van der Waals surface area contributed by atoms with Gasteiger partial charge >= 0.3 is 0 Å². The van der Waals surface area contributed by atoms with Gasteiger partial charge in [-0.15, -0.1) is 0 Å². The van der Waals surface area contributed by atoms with Gasteiger partial charge in [0.05, 0.1) is 18.0 Å². The Hall–Kier alpha value is -1.42. The van der Waals surface area contributed by atoms with Gasteiger partial charge in [-0.2, -0.15) is 0 Å². The van der Waals surface area contributed by atoms with Crippen LogP contribution in [0.1, 0.15) is 25.0 Å². The minimum Gasteiger partial charge on any atom is -0.392 e. The van der Waals surface area contributed by atoms with Crippen molar-refractivity contribution in [2.75, 3.05) is 6.54 Å². The third kappa shape index (κ3) is 4.45. The predicted octanol–water partition coefficient (Wildman–Crippen LogP) is 2.06. The Balaban J connectivity index is 2.72. The van der Waals surface area contributed by atoms with Gasteiger partial charge in [0.15, 0.2) is 0 Å². The average Bonchev–Trinajstić information content (AvgIpc) is 2.28. The molecule has 0 aliphatic carbocycles. The van der Waals surface area contributed by atoms with Gasteiger partial charge in [0.2, 0.25) is 5.91 Å². The summed E-state index contributed by atoms with van der Waals surface area (Å²) >= 11 is 4.88. The standard InChI is InChI=1S/C14H20N2OS/c1-10(2)16(9-13(15)18)14(17)8-12-6-4-11(3)5-7-12/h4-7,10H,8-9H2,1-3H3,(H2,15,18). The van der Waals surface area contributed by atoms with Crippen molar-refractivity contribution in [3.63, 3.8) is 0 Å². The molecule has 98 valence electrons. The number of carbonyl (C=O) groups is 1. The summed E-state index contributed by atoms with van der Waals surface area (Å²) in [7, 11) is 0. The molecule has 0 atom stereocenters. The summed E-state index contributed by atoms with van der Waals surface area (Å²) in [5.74, 6) is 0.0571. The molecule has 2 N–H and O–H groups in total. The van der Waals surface area contributed by atoms with Gasteiger partial charge in [0, 0.05) is 6.04 Å². The van der Waals surface area contributed by atoms with Crippen LogP contribution in [0.5, 0.6) is 0 Å². The molecule has 0 spiro atoms. The summed E-state index contributed by atoms with van der Waals surface area (Å²) in [4.78, 5) is 14.2. The maximum absolute atomic E-state index is 12.2. The zero-order chi connectivity index (χ0) is 13.7. The van der Waals surface area contributed by atoms with Crippen LogP contribution >= 0.6 is 12.2 Å². The SMILES string of the molecule is Cc1ccc(CC(=O)N(CC(N)=S)C(C)C)cc1. The van der Waals surface area contributed by atoms with Crippen molar-refractivity contribution in [3.05, 3.63) is 35.4 Å². The molecule has 0 saturated heterocycles. The van der Waals surface area contributed by atoms with E-state index in [1.54, 1.807) is 4.90 Å². The lowest BCUT2D eigenvalue weighted by atomic mass is 10.1. The predicted molar refractivity (Wildman–Crippen MR) is 78.5 cm³/mol. The van der Waals surface area contributed by atoms with E-state index in [1.165, 1.54) is 5.56 Å². The Labute approximate surface area is 114 Å². The van der Waals surface area contributed by atoms with E-state index in [9.17, 15) is 4.79 Å². The van der Waals surface area contributed by atoms with Crippen molar-refractivity contribution >= 4 is 23.1 Å². The summed E-state index contributed by atoms with van der Waals surface area (Å²) in [5.41, 5.74) is 7.72. The molecule has 0 radical (unpaired) electrons. The lowest BCUT2D eigenvalue weighted by Gasteiger charge is -2.26. The molecule has 0 bridgehead atoms. The maximum Gasteiger partial charge on any atom is 0.227 e. The topological polar surface area (TPSA) is 46.3 Å². The van der Waals surface area contributed by atoms with Crippen LogP contribution in [-0.2, 0) is 11.2 Å². The summed E-state index contributed by atoms with van der Waals surface area (Å²) in [6.45, 7) is 6.30. The van der Waals surface area contributed by atoms with E-state index in [0.717, 1.165) is 5.56 Å². The molecular formula is C14H20N2OS. The maximum atomic E-state index is 12.2. The molecule has 1 aromatic rings. The normalized spacial score (nSPS) is 10.4. The van der Waals surface area contributed by atoms with Crippen molar-refractivity contribution < 1.29 is 4.79 Å². The highest BCUT2D eigenvalue weighted by atomic mass is 32.1. The van der Waals surface area contributed by atoms with Crippen molar-refractivity contribution in [2.45, 2.75) is 33.2 Å². The number of benzene rings is 1. The molecule has 0 aliphatic rings. The molecule has 18 heavy (non-hydrogen) atoms. The summed E-state index contributed by atoms with van der Waals surface area (Å²) in [6.07, 6.45) is 0.390. The van der Waals surface area contributed by atoms with Crippen molar-refractivity contribution in [2.24, 2.45) is 5.73 Å². The van der Waals surface area contributed by atoms with E-state index in [1.807, 2.05) is 45.0 Å². The van der Waals surface area contributed by atoms with Crippen LogP contribution in [0.15, 0.2) is 24.3 Å². The van der Waals surface area contributed by atoms with Crippen LogP contribution in [0.2, 0.25) is 0 Å². The molecule has 1 aromatic carbocycles. The number of carbonyl (C=O) groups excluding carboxylic acids is 1. The van der Waals surface area contributed by atoms with Gasteiger partial charge in [0.1, 0.15) is 0 Å². The fourth-order valence-electron chi connectivity index (χ4n) is 1.71. The molecule has 0 fully saturated rings. The Kier molecular flexibility index (Phi) is 5.28. The van der Waals surface area contributed by atoms with Gasteiger partial charge < -0.3 is 10.6 Å². The van der Waals surface area contributed by atoms with Gasteiger partial charge in [0.25, 0.3) is 0 Å². The lowest BCUT2D eigenvalue weighted by molar-refractivity contribution is -0.131. The number of hydrogen-bond acceptors (Lipinski definition) is 2. The highest BCUT2D eigenvalue weighted by Crippen LogP contribution is 2.08. The number of amides is 1. The van der Waals surface area contributed by atoms with Crippen LogP contribution in [0.25, 0.3) is 0 Å². The fourth-order valence-corrected chi connectivity index (χ4v) is 1.85. The second kappa shape index (κ2) is 6.50. The minimum absolute atomic E-state index is 0.0571. The van der Waals surface area contributed by atoms with Crippen molar-refractivity contribution in [1.82, 2.24) is 4.90 Å². The first-order chi connectivity index (χ1) is 8.40. The highest BCUT2D eigenvalue weighted by molar-refractivity contribution is 7.80. The third-order valence-electron chi connectivity index (χ3n) is 2.75. The van der Waals surface area contributed by atoms with E-state index in [2.05, 4.69) is 0 Å². The van der Waals surface area contributed by atoms with Crippen LogP contribution in [0, 0.1) is 6.92 Å². The molecule has 4 heteroatoms. The van der Waals surface area contributed by atoms with E-state index in [0.29, 0.717) is 18.0 Å². The lowest BCUT2D eigenvalue weighted by Crippen LogP contribution is -2.42. The molecule has 0 saturated carbocycles. The van der Waals surface area contributed by atoms with E-state index in [-0.39, 0.29) is 11.9 Å². The first-order valence-corrected chi connectivity index (χ1v) is 6.44. The molecule has 0 heterocycles. The van der Waals surface area contributed by atoms with Gasteiger partial charge in [-0.3, -0.25) is 4.79 Å². The number of thiocarbonyl (C=S) groups is 1. The summed E-state index contributed by atoms with van der Waals surface area (Å²) in [5, 5.41) is 0. The Bertz CT molecular complexity index is 426. The zero-order valence-electron chi connectivity index (χ0n) is 11.1. The van der Waals surface area contributed by atoms with E-state index < -0.39 is 0 Å². The third-order valence-corrected chi connectivity index (χ3v) is 2.87. The number of aryl methyl sites for hydroxylation is 1. The Morgan fingerprint density at radius 1 is 1.33 bits per heavy atom. The van der Waals surface area contributed by atoms with Gasteiger partial charge in [-0.05, 0) is 26.3 Å². The minimum atomic E-state index is 0.0571. The number of rotatable bonds is 5. The quantitative estimate of drug-likeness (QED) is 0.828. The Morgan fingerprint density at radius 3 is 2.33 bits per heavy atom. The van der Waals surface area contributed by atoms with Gasteiger partial charge in [-0.25, -0.2) is 0 Å². The second-order valence-corrected chi connectivity index (χ2v) is 5.27. The average molecular weight is 264 g/mol. The number of nitrogens with two attached hydrogens (primary N) is 1. The second-order valence-electron chi connectivity index (χ2n) is 4.74. The number of hydrogen-bond donors (Lipinski definition) is 1. The first kappa shape index (κ1) is 14.6. The Morgan fingerprint density at radius 2 is 1.89 bits per heavy atom. The molecule has 1 rings (SSSR count). The molecule has 0 aromatic heterocycles. The van der Waals surface area contributed by atoms with E-state index >= 15 is 0 Å². The van der Waals surface area contributed by atoms with Crippen LogP contribution in [-0.4, -0.2) is 28.4 Å². The van der Waals surface area contributed by atoms with Gasteiger partial charge in [-0.1, -0.05) is 42.0 Å². The first-order valence-electron chi connectivity index (χ1n) is 6.03. The zero-order valence-corrected chi connectivity index (χ0v) is 12.0. The van der Waals surface area contributed by atoms with Crippen molar-refractivity contribution in [3.8, 4) is 0 Å². The number of nitrogens with zero attached hydrogens (tertiary/aromatic N) is 1. The molecule has 3 nitrogen and oxygen atoms in total.